The molecule has 0 bridgehead atoms. The monoisotopic (exact) mass is 217 g/mol. The molecule has 0 aromatic rings. The number of rotatable bonds is 8. The van der Waals surface area contributed by atoms with Crippen LogP contribution < -0.4 is 0 Å². The largest absolute Gasteiger partial charge is 0.482 e. The van der Waals surface area contributed by atoms with Crippen molar-refractivity contribution in [3.63, 3.8) is 0 Å². The van der Waals surface area contributed by atoms with E-state index in [9.17, 15) is 0 Å². The van der Waals surface area contributed by atoms with Crippen LogP contribution in [0.15, 0.2) is 0 Å². The molecule has 0 saturated carbocycles. The summed E-state index contributed by atoms with van der Waals surface area (Å²) in [4.78, 5) is 0. The minimum Gasteiger partial charge on any atom is -0.482 e. The van der Waals surface area contributed by atoms with Gasteiger partial charge in [-0.3, -0.25) is 0 Å². The Morgan fingerprint density at radius 1 is 1.36 bits per heavy atom. The molecule has 0 spiro atoms. The first kappa shape index (κ1) is 13.3. The molecule has 0 aromatic heterocycles. The summed E-state index contributed by atoms with van der Waals surface area (Å²) < 4.78 is 10.1. The highest BCUT2D eigenvalue weighted by molar-refractivity contribution is 7.80. The van der Waals surface area contributed by atoms with Gasteiger partial charge in [0.15, 0.2) is 5.05 Å². The zero-order valence-corrected chi connectivity index (χ0v) is 8.89. The van der Waals surface area contributed by atoms with Crippen molar-refractivity contribution in [2.45, 2.75) is 19.3 Å². The van der Waals surface area contributed by atoms with E-state index in [4.69, 9.17) is 32.1 Å². The summed E-state index contributed by atoms with van der Waals surface area (Å²) in [7, 11) is 0. The van der Waals surface area contributed by atoms with Crippen LogP contribution in [0, 0.1) is 11.3 Å². The van der Waals surface area contributed by atoms with Crippen LogP contribution in [0.3, 0.4) is 0 Å². The molecule has 5 heteroatoms. The summed E-state index contributed by atoms with van der Waals surface area (Å²) in [5.74, 6) is 0. The fourth-order valence-corrected chi connectivity index (χ4v) is 0.931. The Bertz CT molecular complexity index is 191. The van der Waals surface area contributed by atoms with Crippen LogP contribution in [0.2, 0.25) is 0 Å². The van der Waals surface area contributed by atoms with Crippen LogP contribution in [-0.4, -0.2) is 36.6 Å². The van der Waals surface area contributed by atoms with Crippen LogP contribution >= 0.6 is 12.2 Å². The fraction of sp³-hybridized carbons (Fsp3) is 0.778. The molecule has 0 aliphatic heterocycles. The maximum atomic E-state index is 8.43. The molecular weight excluding hydrogens is 202 g/mol. The van der Waals surface area contributed by atoms with E-state index < -0.39 is 0 Å². The number of unbranched alkanes of at least 4 members (excludes halogenated alkanes) is 2. The van der Waals surface area contributed by atoms with Gasteiger partial charge < -0.3 is 14.6 Å². The van der Waals surface area contributed by atoms with E-state index in [0.29, 0.717) is 18.1 Å². The van der Waals surface area contributed by atoms with Gasteiger partial charge in [0.2, 0.25) is 0 Å². The van der Waals surface area contributed by atoms with Gasteiger partial charge in [-0.15, -0.1) is 0 Å². The van der Waals surface area contributed by atoms with Gasteiger partial charge in [-0.2, -0.15) is 5.26 Å². The molecule has 80 valence electrons. The minimum absolute atomic E-state index is 0.0394. The second kappa shape index (κ2) is 10.4. The molecule has 14 heavy (non-hydrogen) atoms. The SMILES string of the molecule is N#CCCCCOCC(=S)OCCO. The Balaban J connectivity index is 3.11. The van der Waals surface area contributed by atoms with E-state index in [0.717, 1.165) is 12.8 Å². The Kier molecular flexibility index (Phi) is 9.86. The number of ether oxygens (including phenoxy) is 2. The third-order valence-electron chi connectivity index (χ3n) is 1.40. The minimum atomic E-state index is -0.0394. The number of nitriles is 1. The van der Waals surface area contributed by atoms with E-state index in [1.165, 1.54) is 0 Å². The van der Waals surface area contributed by atoms with Crippen LogP contribution in [0.5, 0.6) is 0 Å². The molecule has 0 fully saturated rings. The number of hydrogen-bond donors (Lipinski definition) is 1. The summed E-state index contributed by atoms with van der Waals surface area (Å²) in [6.07, 6.45) is 2.27. The number of aliphatic hydroxyl groups excluding tert-OH is 1. The second-order valence-corrected chi connectivity index (χ2v) is 3.07. The molecule has 0 rings (SSSR count). The molecule has 4 nitrogen and oxygen atoms in total. The topological polar surface area (TPSA) is 62.5 Å². The van der Waals surface area contributed by atoms with E-state index >= 15 is 0 Å². The Hall–Kier alpha value is -0.700. The first-order valence-corrected chi connectivity index (χ1v) is 4.93. The summed E-state index contributed by atoms with van der Waals surface area (Å²) in [6, 6.07) is 2.06. The first-order chi connectivity index (χ1) is 6.81. The normalized spacial score (nSPS) is 9.43. The molecule has 0 aliphatic carbocycles. The van der Waals surface area contributed by atoms with Crippen LogP contribution in [0.4, 0.5) is 0 Å². The number of aliphatic hydroxyl groups is 1. The lowest BCUT2D eigenvalue weighted by molar-refractivity contribution is 0.138. The maximum Gasteiger partial charge on any atom is 0.185 e. The van der Waals surface area contributed by atoms with Crippen molar-refractivity contribution in [3.8, 4) is 6.07 Å². The highest BCUT2D eigenvalue weighted by atomic mass is 32.1. The first-order valence-electron chi connectivity index (χ1n) is 4.52. The molecular formula is C9H15NO3S. The summed E-state index contributed by atoms with van der Waals surface area (Å²) in [6.45, 7) is 1.05. The lowest BCUT2D eigenvalue weighted by Crippen LogP contribution is -2.13. The Labute approximate surface area is 89.4 Å². The predicted octanol–water partition coefficient (Wildman–Crippen LogP) is 1.03. The number of nitrogens with zero attached hydrogens (tertiary/aromatic N) is 1. The van der Waals surface area contributed by atoms with E-state index in [2.05, 4.69) is 6.07 Å². The standard InChI is InChI=1S/C9H15NO3S/c10-4-2-1-3-6-12-8-9(14)13-7-5-11/h11H,1-3,5-8H2. The van der Waals surface area contributed by atoms with Gasteiger partial charge >= 0.3 is 0 Å². The molecule has 1 N–H and O–H groups in total. The smallest absolute Gasteiger partial charge is 0.185 e. The molecule has 0 aromatic carbocycles. The summed E-state index contributed by atoms with van der Waals surface area (Å²) in [5, 5.41) is 17.0. The molecule has 0 atom stereocenters. The highest BCUT2D eigenvalue weighted by Gasteiger charge is 1.97. The molecule has 0 amide bonds. The molecule has 0 radical (unpaired) electrons. The number of hydrogen-bond acceptors (Lipinski definition) is 5. The van der Waals surface area contributed by atoms with Gasteiger partial charge in [0.05, 0.1) is 12.7 Å². The maximum absolute atomic E-state index is 8.43. The van der Waals surface area contributed by atoms with Gasteiger partial charge in [-0.1, -0.05) is 0 Å². The van der Waals surface area contributed by atoms with E-state index in [1.807, 2.05) is 0 Å². The van der Waals surface area contributed by atoms with Gasteiger partial charge in [0.25, 0.3) is 0 Å². The van der Waals surface area contributed by atoms with Gasteiger partial charge in [-0.25, -0.2) is 0 Å². The zero-order chi connectivity index (χ0) is 10.6. The summed E-state index contributed by atoms with van der Waals surface area (Å²) >= 11 is 4.81. The zero-order valence-electron chi connectivity index (χ0n) is 8.07. The quantitative estimate of drug-likeness (QED) is 0.486. The van der Waals surface area contributed by atoms with Crippen LogP contribution in [0.25, 0.3) is 0 Å². The predicted molar refractivity (Wildman–Crippen MR) is 55.9 cm³/mol. The third kappa shape index (κ3) is 9.39. The molecule has 0 saturated heterocycles. The number of thiocarbonyl (C=S) groups is 1. The van der Waals surface area contributed by atoms with Crippen molar-refractivity contribution in [2.75, 3.05) is 26.4 Å². The average Bonchev–Trinajstić information content (AvgIpc) is 2.20. The van der Waals surface area contributed by atoms with Crippen molar-refractivity contribution in [3.05, 3.63) is 0 Å². The Morgan fingerprint density at radius 3 is 2.79 bits per heavy atom. The van der Waals surface area contributed by atoms with Crippen molar-refractivity contribution < 1.29 is 14.6 Å². The van der Waals surface area contributed by atoms with Gasteiger partial charge in [-0.05, 0) is 25.1 Å². The molecule has 0 heterocycles. The fourth-order valence-electron chi connectivity index (χ4n) is 0.765. The second-order valence-electron chi connectivity index (χ2n) is 2.61. The van der Waals surface area contributed by atoms with Crippen LogP contribution in [0.1, 0.15) is 19.3 Å². The Morgan fingerprint density at radius 2 is 2.14 bits per heavy atom. The van der Waals surface area contributed by atoms with Crippen molar-refractivity contribution in [1.29, 1.82) is 5.26 Å². The molecule has 0 aliphatic rings. The average molecular weight is 217 g/mol. The lowest BCUT2D eigenvalue weighted by Gasteiger charge is -2.06. The lowest BCUT2D eigenvalue weighted by atomic mass is 10.3. The van der Waals surface area contributed by atoms with Crippen LogP contribution in [-0.2, 0) is 9.47 Å². The van der Waals surface area contributed by atoms with Gasteiger partial charge in [0, 0.05) is 13.0 Å². The third-order valence-corrected chi connectivity index (χ3v) is 1.64. The van der Waals surface area contributed by atoms with Gasteiger partial charge in [0.1, 0.15) is 13.2 Å². The highest BCUT2D eigenvalue weighted by Crippen LogP contribution is 1.94. The summed E-state index contributed by atoms with van der Waals surface area (Å²) in [5.41, 5.74) is 0. The molecule has 0 unspecified atom stereocenters. The van der Waals surface area contributed by atoms with E-state index in [1.54, 1.807) is 0 Å². The van der Waals surface area contributed by atoms with E-state index in [-0.39, 0.29) is 19.8 Å². The van der Waals surface area contributed by atoms with Crippen molar-refractivity contribution in [1.82, 2.24) is 0 Å². The van der Waals surface area contributed by atoms with Crippen molar-refractivity contribution in [2.24, 2.45) is 0 Å². The van der Waals surface area contributed by atoms with Crippen molar-refractivity contribution >= 4 is 17.3 Å².